The van der Waals surface area contributed by atoms with Crippen molar-refractivity contribution in [3.8, 4) is 11.5 Å². The van der Waals surface area contributed by atoms with Gasteiger partial charge in [-0.05, 0) is 60.7 Å². The van der Waals surface area contributed by atoms with E-state index in [1.54, 1.807) is 43.5 Å². The number of anilines is 2. The summed E-state index contributed by atoms with van der Waals surface area (Å²) in [7, 11) is 1.61. The zero-order valence-corrected chi connectivity index (χ0v) is 15.9. The zero-order valence-electron chi connectivity index (χ0n) is 15.2. The fraction of sp³-hybridized carbons (Fsp3) is 0.150. The Kier molecular flexibility index (Phi) is 6.64. The number of hydrogen-bond donors (Lipinski definition) is 2. The molecule has 0 aliphatic heterocycles. The number of hydrogen-bond acceptors (Lipinski definition) is 6. The predicted octanol–water partition coefficient (Wildman–Crippen LogP) is 3.69. The Labute approximate surface area is 167 Å². The average molecular weight is 399 g/mol. The van der Waals surface area contributed by atoms with Crippen LogP contribution in [0.4, 0.5) is 11.5 Å². The highest BCUT2D eigenvalue weighted by atomic mass is 35.5. The minimum absolute atomic E-state index is 0.228. The van der Waals surface area contributed by atoms with E-state index in [1.165, 1.54) is 0 Å². The first-order chi connectivity index (χ1) is 13.6. The van der Waals surface area contributed by atoms with Crippen LogP contribution in [0.15, 0.2) is 60.7 Å². The van der Waals surface area contributed by atoms with Crippen molar-refractivity contribution in [3.63, 3.8) is 0 Å². The molecule has 3 aromatic rings. The maximum absolute atomic E-state index is 12.1. The minimum atomic E-state index is -0.316. The quantitative estimate of drug-likeness (QED) is 0.563. The lowest BCUT2D eigenvalue weighted by molar-refractivity contribution is 0.0941. The molecule has 7 nitrogen and oxygen atoms in total. The highest BCUT2D eigenvalue weighted by Crippen LogP contribution is 2.18. The van der Waals surface area contributed by atoms with Crippen molar-refractivity contribution in [1.82, 2.24) is 15.5 Å². The molecule has 0 spiro atoms. The molecule has 8 heteroatoms. The molecule has 1 heterocycles. The number of amides is 1. The monoisotopic (exact) mass is 398 g/mol. The van der Waals surface area contributed by atoms with Crippen LogP contribution in [0.5, 0.6) is 11.5 Å². The maximum Gasteiger partial charge on any atom is 0.271 e. The van der Waals surface area contributed by atoms with Gasteiger partial charge in [-0.3, -0.25) is 4.79 Å². The largest absolute Gasteiger partial charge is 0.497 e. The summed E-state index contributed by atoms with van der Waals surface area (Å²) in [4.78, 5) is 12.1. The second-order valence-corrected chi connectivity index (χ2v) is 6.15. The molecule has 0 bridgehead atoms. The van der Waals surface area contributed by atoms with E-state index < -0.39 is 0 Å². The van der Waals surface area contributed by atoms with Crippen LogP contribution < -0.4 is 20.1 Å². The molecule has 0 radical (unpaired) electrons. The van der Waals surface area contributed by atoms with Crippen molar-refractivity contribution in [2.75, 3.05) is 25.6 Å². The Hall–Kier alpha value is -3.32. The Balaban J connectivity index is 1.44. The van der Waals surface area contributed by atoms with Crippen molar-refractivity contribution in [2.24, 2.45) is 0 Å². The number of aromatic nitrogens is 2. The summed E-state index contributed by atoms with van der Waals surface area (Å²) in [5.41, 5.74) is 1.05. The Morgan fingerprint density at radius 3 is 2.32 bits per heavy atom. The van der Waals surface area contributed by atoms with Crippen LogP contribution in [0.3, 0.4) is 0 Å². The van der Waals surface area contributed by atoms with E-state index in [1.807, 2.05) is 24.3 Å². The van der Waals surface area contributed by atoms with Gasteiger partial charge in [0.2, 0.25) is 0 Å². The number of benzene rings is 2. The number of nitrogens with zero attached hydrogens (tertiary/aromatic N) is 2. The number of rotatable bonds is 8. The van der Waals surface area contributed by atoms with Gasteiger partial charge in [-0.25, -0.2) is 0 Å². The summed E-state index contributed by atoms with van der Waals surface area (Å²) in [6.45, 7) is 0.680. The summed E-state index contributed by atoms with van der Waals surface area (Å²) in [5.74, 6) is 1.67. The fourth-order valence-electron chi connectivity index (χ4n) is 2.30. The summed E-state index contributed by atoms with van der Waals surface area (Å²) in [6, 6.07) is 17.7. The Bertz CT molecular complexity index is 900. The van der Waals surface area contributed by atoms with Crippen LogP contribution in [0, 0.1) is 0 Å². The highest BCUT2D eigenvalue weighted by Gasteiger charge is 2.08. The number of nitrogens with one attached hydrogen (secondary N) is 2. The van der Waals surface area contributed by atoms with Gasteiger partial charge in [0.05, 0.1) is 13.7 Å². The molecular weight excluding hydrogens is 380 g/mol. The number of carbonyl (C=O) groups is 1. The van der Waals surface area contributed by atoms with E-state index in [0.29, 0.717) is 29.7 Å². The van der Waals surface area contributed by atoms with Crippen molar-refractivity contribution in [3.05, 3.63) is 71.4 Å². The molecule has 0 fully saturated rings. The fourth-order valence-corrected chi connectivity index (χ4v) is 2.42. The lowest BCUT2D eigenvalue weighted by atomic mass is 10.3. The Morgan fingerprint density at radius 2 is 1.68 bits per heavy atom. The summed E-state index contributed by atoms with van der Waals surface area (Å²) < 4.78 is 10.6. The minimum Gasteiger partial charge on any atom is -0.497 e. The lowest BCUT2D eigenvalue weighted by Crippen LogP contribution is -2.29. The number of halogens is 1. The molecule has 1 amide bonds. The maximum atomic E-state index is 12.1. The summed E-state index contributed by atoms with van der Waals surface area (Å²) in [6.07, 6.45) is 0. The van der Waals surface area contributed by atoms with Gasteiger partial charge in [0.15, 0.2) is 11.5 Å². The molecule has 2 aromatic carbocycles. The Morgan fingerprint density at radius 1 is 0.964 bits per heavy atom. The average Bonchev–Trinajstić information content (AvgIpc) is 2.73. The van der Waals surface area contributed by atoms with E-state index in [9.17, 15) is 4.79 Å². The second-order valence-electron chi connectivity index (χ2n) is 5.72. The van der Waals surface area contributed by atoms with Crippen molar-refractivity contribution >= 4 is 29.0 Å². The van der Waals surface area contributed by atoms with Crippen LogP contribution in [0.2, 0.25) is 5.02 Å². The van der Waals surface area contributed by atoms with Crippen LogP contribution in [-0.4, -0.2) is 36.4 Å². The first kappa shape index (κ1) is 19.4. The van der Waals surface area contributed by atoms with Gasteiger partial charge in [0.1, 0.15) is 18.1 Å². The van der Waals surface area contributed by atoms with E-state index in [-0.39, 0.29) is 11.6 Å². The number of carbonyl (C=O) groups excluding carboxylic acids is 1. The third kappa shape index (κ3) is 5.59. The van der Waals surface area contributed by atoms with Gasteiger partial charge in [0.25, 0.3) is 5.91 Å². The van der Waals surface area contributed by atoms with E-state index in [2.05, 4.69) is 20.8 Å². The molecule has 144 valence electrons. The van der Waals surface area contributed by atoms with Crippen molar-refractivity contribution in [2.45, 2.75) is 0 Å². The molecule has 0 aliphatic rings. The molecule has 3 rings (SSSR count). The molecular formula is C20H19ClN4O3. The number of methoxy groups -OCH3 is 1. The molecule has 0 unspecified atom stereocenters. The van der Waals surface area contributed by atoms with E-state index in [4.69, 9.17) is 21.1 Å². The molecule has 0 aliphatic carbocycles. The van der Waals surface area contributed by atoms with Crippen molar-refractivity contribution < 1.29 is 14.3 Å². The second kappa shape index (κ2) is 9.57. The third-order valence-electron chi connectivity index (χ3n) is 3.73. The first-order valence-electron chi connectivity index (χ1n) is 8.55. The number of ether oxygens (including phenoxy) is 2. The highest BCUT2D eigenvalue weighted by molar-refractivity contribution is 6.30. The molecule has 0 saturated heterocycles. The van der Waals surface area contributed by atoms with Crippen LogP contribution in [0.25, 0.3) is 0 Å². The normalized spacial score (nSPS) is 10.2. The van der Waals surface area contributed by atoms with Crippen LogP contribution >= 0.6 is 11.6 Å². The molecule has 0 saturated carbocycles. The van der Waals surface area contributed by atoms with Gasteiger partial charge < -0.3 is 20.1 Å². The molecule has 0 atom stereocenters. The summed E-state index contributed by atoms with van der Waals surface area (Å²) in [5, 5.41) is 14.4. The van der Waals surface area contributed by atoms with Gasteiger partial charge >= 0.3 is 0 Å². The van der Waals surface area contributed by atoms with E-state index >= 15 is 0 Å². The third-order valence-corrected chi connectivity index (χ3v) is 3.98. The molecule has 2 N–H and O–H groups in total. The van der Waals surface area contributed by atoms with Crippen LogP contribution in [-0.2, 0) is 0 Å². The standard InChI is InChI=1S/C20H19ClN4O3/c1-27-16-6-8-17(9-7-16)28-13-12-22-20(26)18-10-11-19(25-24-18)23-15-4-2-14(21)3-5-15/h2-11H,12-13H2,1H3,(H,22,26)(H,23,25). The smallest absolute Gasteiger partial charge is 0.271 e. The predicted molar refractivity (Wildman–Crippen MR) is 108 cm³/mol. The topological polar surface area (TPSA) is 85.4 Å². The van der Waals surface area contributed by atoms with Gasteiger partial charge in [-0.2, -0.15) is 0 Å². The van der Waals surface area contributed by atoms with Gasteiger partial charge in [0, 0.05) is 10.7 Å². The van der Waals surface area contributed by atoms with Gasteiger partial charge in [-0.15, -0.1) is 10.2 Å². The van der Waals surface area contributed by atoms with Crippen molar-refractivity contribution in [1.29, 1.82) is 0 Å². The zero-order chi connectivity index (χ0) is 19.8. The summed E-state index contributed by atoms with van der Waals surface area (Å²) >= 11 is 5.86. The lowest BCUT2D eigenvalue weighted by Gasteiger charge is -2.08. The van der Waals surface area contributed by atoms with Crippen LogP contribution in [0.1, 0.15) is 10.5 Å². The molecule has 1 aromatic heterocycles. The molecule has 28 heavy (non-hydrogen) atoms. The van der Waals surface area contributed by atoms with E-state index in [0.717, 1.165) is 11.4 Å². The first-order valence-corrected chi connectivity index (χ1v) is 8.93. The SMILES string of the molecule is COc1ccc(OCCNC(=O)c2ccc(Nc3ccc(Cl)cc3)nn2)cc1. The van der Waals surface area contributed by atoms with Gasteiger partial charge in [-0.1, -0.05) is 11.6 Å².